The first-order chi connectivity index (χ1) is 8.25. The van der Waals surface area contributed by atoms with Gasteiger partial charge < -0.3 is 10.1 Å². The van der Waals surface area contributed by atoms with E-state index in [0.717, 1.165) is 0 Å². The van der Waals surface area contributed by atoms with Crippen LogP contribution in [0.3, 0.4) is 0 Å². The molecule has 0 saturated heterocycles. The summed E-state index contributed by atoms with van der Waals surface area (Å²) in [6, 6.07) is 0.579. The molecule has 2 rings (SSSR count). The lowest BCUT2D eigenvalue weighted by atomic mass is 10.5. The van der Waals surface area contributed by atoms with Gasteiger partial charge in [0.2, 0.25) is 0 Å². The molecule has 1 aromatic heterocycles. The molecule has 0 radical (unpaired) electrons. The first kappa shape index (κ1) is 12.3. The van der Waals surface area contributed by atoms with Crippen molar-refractivity contribution >= 4 is 0 Å². The monoisotopic (exact) mass is 247 g/mol. The topological polar surface area (TPSA) is 64.9 Å². The Morgan fingerprint density at radius 2 is 2.29 bits per heavy atom. The van der Waals surface area contributed by atoms with Gasteiger partial charge in [0.1, 0.15) is 6.61 Å². The van der Waals surface area contributed by atoms with Gasteiger partial charge in [-0.3, -0.25) is 0 Å². The van der Waals surface area contributed by atoms with Crippen molar-refractivity contribution in [2.45, 2.75) is 38.4 Å². The van der Waals surface area contributed by atoms with Gasteiger partial charge in [0.15, 0.2) is 5.82 Å². The number of aromatic nitrogens is 4. The third-order valence-electron chi connectivity index (χ3n) is 2.42. The Morgan fingerprint density at radius 3 is 3.00 bits per heavy atom. The molecule has 96 valence electrons. The van der Waals surface area contributed by atoms with Crippen LogP contribution in [0.25, 0.3) is 0 Å². The highest BCUT2D eigenvalue weighted by Gasteiger charge is 2.21. The molecule has 1 aliphatic rings. The van der Waals surface area contributed by atoms with E-state index in [1.54, 1.807) is 4.68 Å². The predicted octanol–water partition coefficient (Wildman–Crippen LogP) is 0.207. The molecular formula is C9H15F2N5O. The fourth-order valence-electron chi connectivity index (χ4n) is 1.37. The third kappa shape index (κ3) is 4.31. The van der Waals surface area contributed by atoms with Gasteiger partial charge in [-0.15, -0.1) is 5.10 Å². The molecule has 1 aliphatic carbocycles. The molecule has 0 atom stereocenters. The number of rotatable bonds is 8. The Hall–Kier alpha value is -1.15. The fourth-order valence-corrected chi connectivity index (χ4v) is 1.37. The minimum absolute atomic E-state index is 0.186. The molecule has 0 amide bonds. The maximum Gasteiger partial charge on any atom is 0.261 e. The lowest BCUT2D eigenvalue weighted by Gasteiger charge is -2.06. The van der Waals surface area contributed by atoms with Crippen LogP contribution >= 0.6 is 0 Å². The highest BCUT2D eigenvalue weighted by atomic mass is 19.3. The molecule has 8 heteroatoms. The molecule has 1 heterocycles. The van der Waals surface area contributed by atoms with Crippen LogP contribution in [0.15, 0.2) is 0 Å². The minimum Gasteiger partial charge on any atom is -0.374 e. The van der Waals surface area contributed by atoms with E-state index in [9.17, 15) is 8.78 Å². The van der Waals surface area contributed by atoms with E-state index in [4.69, 9.17) is 4.74 Å². The summed E-state index contributed by atoms with van der Waals surface area (Å²) in [6.07, 6.45) is -0.0436. The van der Waals surface area contributed by atoms with Crippen LogP contribution in [0.5, 0.6) is 0 Å². The summed E-state index contributed by atoms with van der Waals surface area (Å²) < 4.78 is 30.0. The smallest absolute Gasteiger partial charge is 0.261 e. The van der Waals surface area contributed by atoms with Gasteiger partial charge in [0.05, 0.1) is 19.7 Å². The second kappa shape index (κ2) is 5.97. The van der Waals surface area contributed by atoms with Crippen molar-refractivity contribution in [3.63, 3.8) is 0 Å². The van der Waals surface area contributed by atoms with Gasteiger partial charge in [-0.2, -0.15) is 0 Å². The first-order valence-corrected chi connectivity index (χ1v) is 5.60. The van der Waals surface area contributed by atoms with Crippen molar-refractivity contribution in [1.29, 1.82) is 0 Å². The zero-order valence-corrected chi connectivity index (χ0v) is 9.35. The predicted molar refractivity (Wildman–Crippen MR) is 54.5 cm³/mol. The van der Waals surface area contributed by atoms with Crippen LogP contribution < -0.4 is 5.32 Å². The summed E-state index contributed by atoms with van der Waals surface area (Å²) >= 11 is 0. The van der Waals surface area contributed by atoms with E-state index in [0.29, 0.717) is 25.0 Å². The molecule has 1 aromatic rings. The highest BCUT2D eigenvalue weighted by Crippen LogP contribution is 2.18. The van der Waals surface area contributed by atoms with E-state index in [2.05, 4.69) is 20.8 Å². The molecule has 1 N–H and O–H groups in total. The minimum atomic E-state index is -2.43. The molecule has 1 fully saturated rings. The molecular weight excluding hydrogens is 232 g/mol. The van der Waals surface area contributed by atoms with Gasteiger partial charge in [-0.05, 0) is 23.3 Å². The van der Waals surface area contributed by atoms with E-state index >= 15 is 0 Å². The number of halogens is 2. The number of alkyl halides is 2. The molecule has 0 spiro atoms. The van der Waals surface area contributed by atoms with Crippen molar-refractivity contribution < 1.29 is 13.5 Å². The highest BCUT2D eigenvalue weighted by molar-refractivity contribution is 4.86. The zero-order valence-electron chi connectivity index (χ0n) is 9.35. The van der Waals surface area contributed by atoms with Gasteiger partial charge in [0, 0.05) is 6.04 Å². The van der Waals surface area contributed by atoms with Gasteiger partial charge in [0.25, 0.3) is 6.43 Å². The Kier molecular flexibility index (Phi) is 4.32. The number of hydrogen-bond acceptors (Lipinski definition) is 5. The van der Waals surface area contributed by atoms with Crippen molar-refractivity contribution in [1.82, 2.24) is 25.5 Å². The molecule has 0 unspecified atom stereocenters. The number of nitrogens with one attached hydrogen (secondary N) is 1. The van der Waals surface area contributed by atoms with Gasteiger partial charge >= 0.3 is 0 Å². The first-order valence-electron chi connectivity index (χ1n) is 5.60. The van der Waals surface area contributed by atoms with E-state index in [1.807, 2.05) is 0 Å². The van der Waals surface area contributed by atoms with E-state index < -0.39 is 13.0 Å². The normalized spacial score (nSPS) is 15.7. The summed E-state index contributed by atoms with van der Waals surface area (Å²) in [6.45, 7) is 0.636. The average molecular weight is 247 g/mol. The van der Waals surface area contributed by atoms with Gasteiger partial charge in [-0.1, -0.05) is 0 Å². The van der Waals surface area contributed by atoms with Crippen molar-refractivity contribution in [3.05, 3.63) is 5.82 Å². The third-order valence-corrected chi connectivity index (χ3v) is 2.42. The standard InChI is InChI=1S/C9H15F2N5O/c10-8(11)6-17-4-3-16-9(13-14-15-16)5-12-7-1-2-7/h7-8,12H,1-6H2. The Morgan fingerprint density at radius 1 is 1.47 bits per heavy atom. The molecule has 0 aliphatic heterocycles. The van der Waals surface area contributed by atoms with E-state index in [-0.39, 0.29) is 6.61 Å². The fraction of sp³-hybridized carbons (Fsp3) is 0.889. The summed E-state index contributed by atoms with van der Waals surface area (Å²) in [4.78, 5) is 0. The zero-order chi connectivity index (χ0) is 12.1. The lowest BCUT2D eigenvalue weighted by molar-refractivity contribution is 0.0136. The summed E-state index contributed by atoms with van der Waals surface area (Å²) in [7, 11) is 0. The average Bonchev–Trinajstić information content (AvgIpc) is 3.02. The maximum absolute atomic E-state index is 11.8. The summed E-state index contributed by atoms with van der Waals surface area (Å²) in [5.74, 6) is 0.706. The van der Waals surface area contributed by atoms with Crippen LogP contribution in [0.2, 0.25) is 0 Å². The number of tetrazole rings is 1. The van der Waals surface area contributed by atoms with Gasteiger partial charge in [-0.25, -0.2) is 13.5 Å². The molecule has 1 saturated carbocycles. The van der Waals surface area contributed by atoms with Crippen LogP contribution in [-0.2, 0) is 17.8 Å². The Bertz CT molecular complexity index is 342. The summed E-state index contributed by atoms with van der Waals surface area (Å²) in [5.41, 5.74) is 0. The molecule has 0 aromatic carbocycles. The quantitative estimate of drug-likeness (QED) is 0.665. The van der Waals surface area contributed by atoms with Crippen molar-refractivity contribution in [2.24, 2.45) is 0 Å². The molecule has 17 heavy (non-hydrogen) atoms. The molecule has 6 nitrogen and oxygen atoms in total. The van der Waals surface area contributed by atoms with Crippen LogP contribution in [0.1, 0.15) is 18.7 Å². The van der Waals surface area contributed by atoms with Crippen molar-refractivity contribution in [3.8, 4) is 0 Å². The van der Waals surface area contributed by atoms with E-state index in [1.165, 1.54) is 12.8 Å². The van der Waals surface area contributed by atoms with Crippen molar-refractivity contribution in [2.75, 3.05) is 13.2 Å². The SMILES string of the molecule is FC(F)COCCn1nnnc1CNC1CC1. The number of nitrogens with zero attached hydrogens (tertiary/aromatic N) is 4. The Labute approximate surface area is 97.3 Å². The van der Waals surface area contributed by atoms with Crippen LogP contribution in [0.4, 0.5) is 8.78 Å². The Balaban J connectivity index is 1.69. The summed E-state index contributed by atoms with van der Waals surface area (Å²) in [5, 5.41) is 14.5. The second-order valence-corrected chi connectivity index (χ2v) is 3.94. The number of ether oxygens (including phenoxy) is 1. The lowest BCUT2D eigenvalue weighted by Crippen LogP contribution is -2.21. The maximum atomic E-state index is 11.8. The van der Waals surface area contributed by atoms with Crippen LogP contribution in [0, 0.1) is 0 Å². The largest absolute Gasteiger partial charge is 0.374 e. The number of hydrogen-bond donors (Lipinski definition) is 1. The second-order valence-electron chi connectivity index (χ2n) is 3.94. The molecule has 0 bridgehead atoms. The van der Waals surface area contributed by atoms with Crippen LogP contribution in [-0.4, -0.2) is 45.9 Å².